The lowest BCUT2D eigenvalue weighted by atomic mass is 9.81. The van der Waals surface area contributed by atoms with Crippen LogP contribution in [0, 0.1) is 0 Å². The van der Waals surface area contributed by atoms with Gasteiger partial charge in [0.25, 0.3) is 0 Å². The number of hydrogen-bond acceptors (Lipinski definition) is 4. The van der Waals surface area contributed by atoms with Gasteiger partial charge in [-0.1, -0.05) is 0 Å². The molecular weight excluding hydrogens is 192 g/mol. The van der Waals surface area contributed by atoms with Crippen molar-refractivity contribution >= 4 is 0 Å². The van der Waals surface area contributed by atoms with Crippen molar-refractivity contribution in [3.05, 3.63) is 11.6 Å². The zero-order valence-electron chi connectivity index (χ0n) is 8.63. The number of aliphatic hydroxyl groups excluding tert-OH is 1. The number of fused-ring (bicyclic) bond motifs is 1. The third kappa shape index (κ3) is 1.46. The Morgan fingerprint density at radius 3 is 2.87 bits per heavy atom. The van der Waals surface area contributed by atoms with Gasteiger partial charge >= 0.3 is 0 Å². The lowest BCUT2D eigenvalue weighted by Gasteiger charge is -2.32. The Bertz CT molecular complexity index is 369. The van der Waals surface area contributed by atoms with Crippen LogP contribution in [0.15, 0.2) is 0 Å². The summed E-state index contributed by atoms with van der Waals surface area (Å²) in [5.41, 5.74) is 5.94. The van der Waals surface area contributed by atoms with Crippen LogP contribution in [-0.2, 0) is 13.0 Å². The van der Waals surface area contributed by atoms with Gasteiger partial charge in [-0.15, -0.1) is 10.2 Å². The lowest BCUT2D eigenvalue weighted by Crippen LogP contribution is -2.35. The van der Waals surface area contributed by atoms with E-state index in [1.54, 1.807) is 0 Å². The van der Waals surface area contributed by atoms with Crippen molar-refractivity contribution in [2.75, 3.05) is 0 Å². The van der Waals surface area contributed by atoms with Crippen LogP contribution in [0.2, 0.25) is 0 Å². The third-order valence-corrected chi connectivity index (χ3v) is 3.49. The first-order valence-corrected chi connectivity index (χ1v) is 5.59. The minimum atomic E-state index is -0.139. The van der Waals surface area contributed by atoms with E-state index in [-0.39, 0.29) is 12.1 Å². The van der Waals surface area contributed by atoms with Gasteiger partial charge in [0.2, 0.25) is 0 Å². The summed E-state index contributed by atoms with van der Waals surface area (Å²) in [4.78, 5) is 0. The average Bonchev–Trinajstić information content (AvgIpc) is 2.56. The van der Waals surface area contributed by atoms with Crippen LogP contribution in [0.3, 0.4) is 0 Å². The Hall–Kier alpha value is -0.940. The van der Waals surface area contributed by atoms with Crippen molar-refractivity contribution in [3.63, 3.8) is 0 Å². The predicted octanol–water partition coefficient (Wildman–Crippen LogP) is -0.210. The topological polar surface area (TPSA) is 77.0 Å². The fraction of sp³-hybridized carbons (Fsp3) is 0.800. The fourth-order valence-corrected chi connectivity index (χ4v) is 2.47. The molecule has 3 N–H and O–H groups in total. The molecule has 0 spiro atoms. The smallest absolute Gasteiger partial charge is 0.136 e. The van der Waals surface area contributed by atoms with E-state index in [4.69, 9.17) is 5.73 Å². The van der Waals surface area contributed by atoms with Gasteiger partial charge in [-0.3, -0.25) is 0 Å². The van der Waals surface area contributed by atoms with Gasteiger partial charge in [0.15, 0.2) is 0 Å². The van der Waals surface area contributed by atoms with E-state index in [0.717, 1.165) is 43.9 Å². The standard InChI is InChI=1S/C10H16N4O/c11-7-1-2-9-12-13-10(14(9)5-7)6-3-8(15)4-6/h6-8,15H,1-5,11H2. The molecule has 5 heteroatoms. The SMILES string of the molecule is NC1CCc2nnc(C3CC(O)C3)n2C1. The highest BCUT2D eigenvalue weighted by atomic mass is 16.3. The maximum absolute atomic E-state index is 9.29. The molecular formula is C10H16N4O. The number of aryl methyl sites for hydroxylation is 1. The Balaban J connectivity index is 1.87. The van der Waals surface area contributed by atoms with Crippen molar-refractivity contribution in [1.29, 1.82) is 0 Å². The molecule has 0 bridgehead atoms. The maximum Gasteiger partial charge on any atom is 0.136 e. The van der Waals surface area contributed by atoms with Gasteiger partial charge in [0.1, 0.15) is 11.6 Å². The predicted molar refractivity (Wildman–Crippen MR) is 54.3 cm³/mol. The summed E-state index contributed by atoms with van der Waals surface area (Å²) in [6.07, 6.45) is 3.45. The second kappa shape index (κ2) is 3.28. The van der Waals surface area contributed by atoms with E-state index in [1.807, 2.05) is 0 Å². The second-order valence-electron chi connectivity index (χ2n) is 4.71. The minimum Gasteiger partial charge on any atom is -0.393 e. The molecule has 1 fully saturated rings. The molecule has 2 heterocycles. The van der Waals surface area contributed by atoms with Crippen LogP contribution in [0.25, 0.3) is 0 Å². The summed E-state index contributed by atoms with van der Waals surface area (Å²) in [6, 6.07) is 0.234. The molecule has 5 nitrogen and oxygen atoms in total. The van der Waals surface area contributed by atoms with Crippen LogP contribution in [0.5, 0.6) is 0 Å². The van der Waals surface area contributed by atoms with Crippen molar-refractivity contribution in [2.24, 2.45) is 5.73 Å². The number of rotatable bonds is 1. The largest absolute Gasteiger partial charge is 0.393 e. The summed E-state index contributed by atoms with van der Waals surface area (Å²) in [6.45, 7) is 0.838. The molecule has 0 radical (unpaired) electrons. The Kier molecular flexibility index (Phi) is 2.03. The van der Waals surface area contributed by atoms with E-state index in [9.17, 15) is 5.11 Å². The third-order valence-electron chi connectivity index (χ3n) is 3.49. The van der Waals surface area contributed by atoms with Gasteiger partial charge in [-0.25, -0.2) is 0 Å². The molecule has 1 unspecified atom stereocenters. The van der Waals surface area contributed by atoms with Crippen molar-refractivity contribution in [1.82, 2.24) is 14.8 Å². The molecule has 15 heavy (non-hydrogen) atoms. The molecule has 3 rings (SSSR count). The Morgan fingerprint density at radius 2 is 2.13 bits per heavy atom. The number of aliphatic hydroxyl groups is 1. The van der Waals surface area contributed by atoms with Crippen LogP contribution in [0.1, 0.15) is 36.8 Å². The van der Waals surface area contributed by atoms with Crippen LogP contribution in [0.4, 0.5) is 0 Å². The highest BCUT2D eigenvalue weighted by Gasteiger charge is 2.34. The van der Waals surface area contributed by atoms with Crippen molar-refractivity contribution in [3.8, 4) is 0 Å². The number of aromatic nitrogens is 3. The Morgan fingerprint density at radius 1 is 1.33 bits per heavy atom. The van der Waals surface area contributed by atoms with Gasteiger partial charge < -0.3 is 15.4 Å². The van der Waals surface area contributed by atoms with Crippen LogP contribution >= 0.6 is 0 Å². The monoisotopic (exact) mass is 208 g/mol. The molecule has 0 aromatic carbocycles. The zero-order valence-corrected chi connectivity index (χ0v) is 8.63. The maximum atomic E-state index is 9.29. The first-order chi connectivity index (χ1) is 7.24. The molecule has 1 aliphatic carbocycles. The van der Waals surface area contributed by atoms with E-state index in [0.29, 0.717) is 5.92 Å². The van der Waals surface area contributed by atoms with E-state index < -0.39 is 0 Å². The summed E-state index contributed by atoms with van der Waals surface area (Å²) in [7, 11) is 0. The molecule has 0 saturated heterocycles. The zero-order chi connectivity index (χ0) is 10.4. The first kappa shape index (κ1) is 9.30. The molecule has 0 amide bonds. The molecule has 1 aromatic heterocycles. The summed E-state index contributed by atoms with van der Waals surface area (Å²) >= 11 is 0. The van der Waals surface area contributed by atoms with Gasteiger partial charge in [0.05, 0.1) is 6.10 Å². The molecule has 1 atom stereocenters. The summed E-state index contributed by atoms with van der Waals surface area (Å²) in [5, 5.41) is 17.7. The Labute approximate surface area is 88.3 Å². The van der Waals surface area contributed by atoms with E-state index >= 15 is 0 Å². The van der Waals surface area contributed by atoms with E-state index in [2.05, 4.69) is 14.8 Å². The highest BCUT2D eigenvalue weighted by Crippen LogP contribution is 2.36. The first-order valence-electron chi connectivity index (χ1n) is 5.59. The molecule has 1 saturated carbocycles. The molecule has 2 aliphatic rings. The average molecular weight is 208 g/mol. The van der Waals surface area contributed by atoms with Gasteiger partial charge in [-0.05, 0) is 19.3 Å². The molecule has 1 aliphatic heterocycles. The number of nitrogens with zero attached hydrogens (tertiary/aromatic N) is 3. The highest BCUT2D eigenvalue weighted by molar-refractivity contribution is 5.09. The number of hydrogen-bond donors (Lipinski definition) is 2. The van der Waals surface area contributed by atoms with Crippen molar-refractivity contribution in [2.45, 2.75) is 50.3 Å². The lowest BCUT2D eigenvalue weighted by molar-refractivity contribution is 0.0699. The molecule has 82 valence electrons. The van der Waals surface area contributed by atoms with Gasteiger partial charge in [-0.2, -0.15) is 0 Å². The molecule has 1 aromatic rings. The van der Waals surface area contributed by atoms with Gasteiger partial charge in [0, 0.05) is 24.9 Å². The summed E-state index contributed by atoms with van der Waals surface area (Å²) in [5.74, 6) is 2.49. The quantitative estimate of drug-likeness (QED) is 0.669. The van der Waals surface area contributed by atoms with Crippen LogP contribution in [-0.4, -0.2) is 32.0 Å². The second-order valence-corrected chi connectivity index (χ2v) is 4.71. The van der Waals surface area contributed by atoms with Crippen LogP contribution < -0.4 is 5.73 Å². The van der Waals surface area contributed by atoms with Crippen molar-refractivity contribution < 1.29 is 5.11 Å². The van der Waals surface area contributed by atoms with E-state index in [1.165, 1.54) is 0 Å². The summed E-state index contributed by atoms with van der Waals surface area (Å²) < 4.78 is 2.16. The normalized spacial score (nSPS) is 34.7. The fourth-order valence-electron chi connectivity index (χ4n) is 2.47. The number of nitrogens with two attached hydrogens (primary N) is 1. The minimum absolute atomic E-state index is 0.139.